The molecule has 0 N–H and O–H groups in total. The van der Waals surface area contributed by atoms with Gasteiger partial charge in [0.15, 0.2) is 5.82 Å². The van der Waals surface area contributed by atoms with E-state index in [1.807, 2.05) is 42.2 Å². The summed E-state index contributed by atoms with van der Waals surface area (Å²) in [6, 6.07) is 10.1. The topological polar surface area (TPSA) is 59.2 Å². The molecule has 3 rings (SSSR count). The summed E-state index contributed by atoms with van der Waals surface area (Å²) in [5.41, 5.74) is 1.11. The fraction of sp³-hybridized carbons (Fsp3) is 0.500. The number of aryl methyl sites for hydroxylation is 1. The normalized spacial score (nSPS) is 17.2. The van der Waals surface area contributed by atoms with Crippen molar-refractivity contribution in [1.82, 2.24) is 15.0 Å². The van der Waals surface area contributed by atoms with E-state index in [1.165, 1.54) is 0 Å². The fourth-order valence-corrected chi connectivity index (χ4v) is 3.28. The van der Waals surface area contributed by atoms with Crippen LogP contribution in [0.3, 0.4) is 0 Å². The molecule has 1 saturated heterocycles. The zero-order chi connectivity index (χ0) is 16.2. The lowest BCUT2D eigenvalue weighted by Crippen LogP contribution is -2.40. The lowest BCUT2D eigenvalue weighted by molar-refractivity contribution is -0.134. The summed E-state index contributed by atoms with van der Waals surface area (Å²) in [6.45, 7) is 5.42. The van der Waals surface area contributed by atoms with E-state index >= 15 is 0 Å². The summed E-state index contributed by atoms with van der Waals surface area (Å²) in [4.78, 5) is 19.2. The number of hydrogen-bond acceptors (Lipinski definition) is 4. The van der Waals surface area contributed by atoms with Crippen molar-refractivity contribution >= 4 is 5.91 Å². The van der Waals surface area contributed by atoms with Crippen molar-refractivity contribution in [2.45, 2.75) is 44.9 Å². The molecule has 1 aliphatic heterocycles. The van der Waals surface area contributed by atoms with Crippen LogP contribution in [-0.2, 0) is 4.79 Å². The van der Waals surface area contributed by atoms with E-state index in [0.29, 0.717) is 11.7 Å². The van der Waals surface area contributed by atoms with Gasteiger partial charge in [-0.1, -0.05) is 42.4 Å². The summed E-state index contributed by atoms with van der Waals surface area (Å²) in [5.74, 6) is 1.85. The van der Waals surface area contributed by atoms with Crippen LogP contribution in [0, 0.1) is 6.92 Å². The smallest absolute Gasteiger partial charge is 0.230 e. The molecule has 1 unspecified atom stereocenters. The van der Waals surface area contributed by atoms with Crippen molar-refractivity contribution in [3.05, 3.63) is 47.6 Å². The fourth-order valence-electron chi connectivity index (χ4n) is 3.28. The van der Waals surface area contributed by atoms with Gasteiger partial charge in [-0.3, -0.25) is 4.79 Å². The molecule has 1 aliphatic rings. The molecule has 0 aliphatic carbocycles. The van der Waals surface area contributed by atoms with Crippen molar-refractivity contribution in [2.75, 3.05) is 13.1 Å². The van der Waals surface area contributed by atoms with Gasteiger partial charge in [-0.05, 0) is 31.7 Å². The van der Waals surface area contributed by atoms with E-state index in [4.69, 9.17) is 4.52 Å². The number of likely N-dealkylation sites (tertiary alicyclic amines) is 1. The Bertz CT molecular complexity index is 645. The molecule has 5 heteroatoms. The van der Waals surface area contributed by atoms with Crippen LogP contribution in [0.5, 0.6) is 0 Å². The molecule has 2 aromatic rings. The molecule has 5 nitrogen and oxygen atoms in total. The molecular formula is C18H23N3O2. The van der Waals surface area contributed by atoms with Crippen LogP contribution in [0.1, 0.15) is 55.3 Å². The zero-order valence-corrected chi connectivity index (χ0v) is 13.7. The maximum Gasteiger partial charge on any atom is 0.230 e. The summed E-state index contributed by atoms with van der Waals surface area (Å²) in [7, 11) is 0. The second kappa shape index (κ2) is 6.94. The molecule has 0 spiro atoms. The Morgan fingerprint density at radius 2 is 2.00 bits per heavy atom. The second-order valence-corrected chi connectivity index (χ2v) is 6.15. The summed E-state index contributed by atoms with van der Waals surface area (Å²) < 4.78 is 5.27. The van der Waals surface area contributed by atoms with E-state index in [1.54, 1.807) is 0 Å². The first-order chi connectivity index (χ1) is 11.2. The minimum absolute atomic E-state index is 0.0431. The van der Waals surface area contributed by atoms with Gasteiger partial charge in [0.05, 0.1) is 5.92 Å². The quantitative estimate of drug-likeness (QED) is 0.869. The van der Waals surface area contributed by atoms with Gasteiger partial charge >= 0.3 is 0 Å². The average molecular weight is 313 g/mol. The number of nitrogens with zero attached hydrogens (tertiary/aromatic N) is 3. The highest BCUT2D eigenvalue weighted by molar-refractivity contribution is 5.83. The Kier molecular flexibility index (Phi) is 4.74. The molecule has 1 atom stereocenters. The van der Waals surface area contributed by atoms with Crippen LogP contribution >= 0.6 is 0 Å². The highest BCUT2D eigenvalue weighted by Gasteiger charge is 2.30. The number of piperidine rings is 1. The number of benzene rings is 1. The first kappa shape index (κ1) is 15.7. The van der Waals surface area contributed by atoms with Gasteiger partial charge in [0.25, 0.3) is 0 Å². The Labute approximate surface area is 136 Å². The van der Waals surface area contributed by atoms with E-state index in [9.17, 15) is 4.79 Å². The van der Waals surface area contributed by atoms with E-state index in [2.05, 4.69) is 17.1 Å². The largest absolute Gasteiger partial charge is 0.342 e. The lowest BCUT2D eigenvalue weighted by Gasteiger charge is -2.33. The maximum absolute atomic E-state index is 12.9. The molecule has 1 aromatic carbocycles. The van der Waals surface area contributed by atoms with Gasteiger partial charge in [0.2, 0.25) is 11.8 Å². The van der Waals surface area contributed by atoms with Crippen LogP contribution in [0.15, 0.2) is 34.9 Å². The minimum atomic E-state index is -0.0431. The van der Waals surface area contributed by atoms with E-state index in [0.717, 1.165) is 37.9 Å². The predicted molar refractivity (Wildman–Crippen MR) is 87.1 cm³/mol. The summed E-state index contributed by atoms with van der Waals surface area (Å²) in [5, 5.41) is 3.86. The standard InChI is InChI=1S/C18H23N3O2/c1-3-16(14-7-5-4-6-8-14)18(22)21-11-9-15(10-12-21)17-19-13(2)20-23-17/h4-8,15-16H,3,9-12H2,1-2H3. The number of carbonyl (C=O) groups is 1. The highest BCUT2D eigenvalue weighted by atomic mass is 16.5. The predicted octanol–water partition coefficient (Wildman–Crippen LogP) is 3.28. The van der Waals surface area contributed by atoms with Crippen molar-refractivity contribution in [1.29, 1.82) is 0 Å². The number of rotatable bonds is 4. The number of amides is 1. The summed E-state index contributed by atoms with van der Waals surface area (Å²) >= 11 is 0. The van der Waals surface area contributed by atoms with Gasteiger partial charge in [0, 0.05) is 19.0 Å². The lowest BCUT2D eigenvalue weighted by atomic mass is 9.92. The van der Waals surface area contributed by atoms with Gasteiger partial charge in [-0.15, -0.1) is 0 Å². The molecular weight excluding hydrogens is 290 g/mol. The van der Waals surface area contributed by atoms with Crippen LogP contribution in [0.25, 0.3) is 0 Å². The molecule has 2 heterocycles. The van der Waals surface area contributed by atoms with Gasteiger partial charge in [0.1, 0.15) is 0 Å². The van der Waals surface area contributed by atoms with Crippen molar-refractivity contribution < 1.29 is 9.32 Å². The molecule has 23 heavy (non-hydrogen) atoms. The zero-order valence-electron chi connectivity index (χ0n) is 13.7. The third kappa shape index (κ3) is 3.44. The Hall–Kier alpha value is -2.17. The number of hydrogen-bond donors (Lipinski definition) is 0. The van der Waals surface area contributed by atoms with Gasteiger partial charge in [-0.2, -0.15) is 4.98 Å². The van der Waals surface area contributed by atoms with Crippen molar-refractivity contribution in [3.8, 4) is 0 Å². The van der Waals surface area contributed by atoms with Gasteiger partial charge in [-0.25, -0.2) is 0 Å². The molecule has 1 aromatic heterocycles. The second-order valence-electron chi connectivity index (χ2n) is 6.15. The Balaban J connectivity index is 1.63. The molecule has 1 fully saturated rings. The Morgan fingerprint density at radius 3 is 2.57 bits per heavy atom. The highest BCUT2D eigenvalue weighted by Crippen LogP contribution is 2.29. The monoisotopic (exact) mass is 313 g/mol. The molecule has 1 amide bonds. The third-order valence-corrected chi connectivity index (χ3v) is 4.61. The third-order valence-electron chi connectivity index (χ3n) is 4.61. The number of carbonyl (C=O) groups excluding carboxylic acids is 1. The molecule has 0 saturated carbocycles. The van der Waals surface area contributed by atoms with E-state index < -0.39 is 0 Å². The minimum Gasteiger partial charge on any atom is -0.342 e. The first-order valence-corrected chi connectivity index (χ1v) is 8.33. The van der Waals surface area contributed by atoms with Crippen molar-refractivity contribution in [3.63, 3.8) is 0 Å². The van der Waals surface area contributed by atoms with Crippen LogP contribution in [0.2, 0.25) is 0 Å². The maximum atomic E-state index is 12.9. The first-order valence-electron chi connectivity index (χ1n) is 8.33. The Morgan fingerprint density at radius 1 is 1.30 bits per heavy atom. The van der Waals surface area contributed by atoms with Crippen LogP contribution < -0.4 is 0 Å². The molecule has 122 valence electrons. The summed E-state index contributed by atoms with van der Waals surface area (Å²) in [6.07, 6.45) is 2.60. The van der Waals surface area contributed by atoms with Crippen LogP contribution in [0.4, 0.5) is 0 Å². The van der Waals surface area contributed by atoms with Crippen molar-refractivity contribution in [2.24, 2.45) is 0 Å². The van der Waals surface area contributed by atoms with Crippen LogP contribution in [-0.4, -0.2) is 34.0 Å². The number of aromatic nitrogens is 2. The SMILES string of the molecule is CCC(C(=O)N1CCC(c2nc(C)no2)CC1)c1ccccc1. The molecule has 0 bridgehead atoms. The van der Waals surface area contributed by atoms with E-state index in [-0.39, 0.29) is 17.7 Å². The van der Waals surface area contributed by atoms with Gasteiger partial charge < -0.3 is 9.42 Å². The molecule has 0 radical (unpaired) electrons. The average Bonchev–Trinajstić information content (AvgIpc) is 3.03.